The van der Waals surface area contributed by atoms with Crippen LogP contribution in [-0.2, 0) is 11.3 Å². The molecule has 0 saturated carbocycles. The van der Waals surface area contributed by atoms with Gasteiger partial charge in [-0.2, -0.15) is 0 Å². The number of amides is 1. The molecule has 1 N–H and O–H groups in total. The van der Waals surface area contributed by atoms with Crippen molar-refractivity contribution in [2.45, 2.75) is 13.5 Å². The van der Waals surface area contributed by atoms with E-state index in [-0.39, 0.29) is 18.2 Å². The van der Waals surface area contributed by atoms with Crippen molar-refractivity contribution in [1.29, 1.82) is 0 Å². The van der Waals surface area contributed by atoms with Crippen molar-refractivity contribution in [3.05, 3.63) is 96.1 Å². The van der Waals surface area contributed by atoms with E-state index in [1.807, 2.05) is 72.8 Å². The highest BCUT2D eigenvalue weighted by Crippen LogP contribution is 2.18. The molecule has 136 valence electrons. The zero-order valence-electron chi connectivity index (χ0n) is 15.3. The van der Waals surface area contributed by atoms with Crippen LogP contribution in [0.1, 0.15) is 22.8 Å². The minimum absolute atomic E-state index is 0.0000313. The Labute approximate surface area is 159 Å². The van der Waals surface area contributed by atoms with E-state index in [2.05, 4.69) is 5.32 Å². The van der Waals surface area contributed by atoms with Crippen LogP contribution < -0.4 is 10.2 Å². The van der Waals surface area contributed by atoms with E-state index in [4.69, 9.17) is 0 Å². The second-order valence-electron chi connectivity index (χ2n) is 6.29. The van der Waals surface area contributed by atoms with E-state index < -0.39 is 0 Å². The van der Waals surface area contributed by atoms with Crippen LogP contribution in [0, 0.1) is 0 Å². The molecule has 1 amide bonds. The number of anilines is 2. The third-order valence-electron chi connectivity index (χ3n) is 4.27. The van der Waals surface area contributed by atoms with Gasteiger partial charge < -0.3 is 10.2 Å². The van der Waals surface area contributed by atoms with Crippen molar-refractivity contribution in [2.24, 2.45) is 0 Å². The summed E-state index contributed by atoms with van der Waals surface area (Å²) in [5.41, 5.74) is 3.29. The van der Waals surface area contributed by atoms with Crippen LogP contribution in [0.25, 0.3) is 0 Å². The number of ketones is 1. The Morgan fingerprint density at radius 3 is 2.19 bits per heavy atom. The molecule has 0 unspecified atom stereocenters. The van der Waals surface area contributed by atoms with Gasteiger partial charge in [-0.05, 0) is 36.8 Å². The van der Waals surface area contributed by atoms with E-state index in [1.165, 1.54) is 6.92 Å². The first-order chi connectivity index (χ1) is 13.1. The average molecular weight is 358 g/mol. The van der Waals surface area contributed by atoms with Crippen LogP contribution in [0.5, 0.6) is 0 Å². The summed E-state index contributed by atoms with van der Waals surface area (Å²) in [6.45, 7) is 2.17. The number of nitrogens with zero attached hydrogens (tertiary/aromatic N) is 1. The smallest absolute Gasteiger partial charge is 0.246 e. The lowest BCUT2D eigenvalue weighted by Gasteiger charge is -2.23. The third kappa shape index (κ3) is 5.05. The molecule has 0 fully saturated rings. The van der Waals surface area contributed by atoms with Gasteiger partial charge >= 0.3 is 0 Å². The largest absolute Gasteiger partial charge is 0.376 e. The highest BCUT2D eigenvalue weighted by atomic mass is 16.2. The fraction of sp³-hybridized carbons (Fsp3) is 0.130. The van der Waals surface area contributed by atoms with Gasteiger partial charge in [-0.1, -0.05) is 60.7 Å². The molecule has 0 aliphatic carbocycles. The zero-order valence-corrected chi connectivity index (χ0v) is 15.3. The third-order valence-corrected chi connectivity index (χ3v) is 4.27. The lowest BCUT2D eigenvalue weighted by molar-refractivity contribution is -0.117. The van der Waals surface area contributed by atoms with E-state index in [0.29, 0.717) is 12.1 Å². The Bertz CT molecular complexity index is 908. The number of rotatable bonds is 7. The van der Waals surface area contributed by atoms with Gasteiger partial charge in [0.05, 0.1) is 13.1 Å². The molecule has 0 heterocycles. The van der Waals surface area contributed by atoms with Crippen LogP contribution in [0.3, 0.4) is 0 Å². The second kappa shape index (κ2) is 8.81. The minimum atomic E-state index is -0.0433. The topological polar surface area (TPSA) is 49.4 Å². The number of carbonyl (C=O) groups is 2. The van der Waals surface area contributed by atoms with Crippen molar-refractivity contribution in [3.8, 4) is 0 Å². The molecule has 0 aliphatic heterocycles. The molecule has 3 aromatic carbocycles. The lowest BCUT2D eigenvalue weighted by atomic mass is 10.1. The van der Waals surface area contributed by atoms with Crippen molar-refractivity contribution in [2.75, 3.05) is 16.8 Å². The first-order valence-electron chi connectivity index (χ1n) is 8.88. The maximum Gasteiger partial charge on any atom is 0.246 e. The normalized spacial score (nSPS) is 10.3. The molecule has 4 heteroatoms. The number of hydrogen-bond acceptors (Lipinski definition) is 3. The minimum Gasteiger partial charge on any atom is -0.376 e. The van der Waals surface area contributed by atoms with E-state index in [0.717, 1.165) is 16.9 Å². The molecule has 0 aromatic heterocycles. The summed E-state index contributed by atoms with van der Waals surface area (Å²) in [4.78, 5) is 26.2. The van der Waals surface area contributed by atoms with Gasteiger partial charge in [-0.15, -0.1) is 0 Å². The van der Waals surface area contributed by atoms with Crippen LogP contribution in [0.15, 0.2) is 84.9 Å². The molecule has 27 heavy (non-hydrogen) atoms. The SMILES string of the molecule is CC(=O)c1cccc(NCC(=O)N(Cc2ccccc2)c2ccccc2)c1. The first-order valence-corrected chi connectivity index (χ1v) is 8.88. The number of nitrogens with one attached hydrogen (secondary N) is 1. The Hall–Kier alpha value is -3.40. The fourth-order valence-electron chi connectivity index (χ4n) is 2.82. The quantitative estimate of drug-likeness (QED) is 0.631. The van der Waals surface area contributed by atoms with Crippen LogP contribution in [0.4, 0.5) is 11.4 Å². The number of Topliss-reactive ketones (excluding diaryl/α,β-unsaturated/α-hetero) is 1. The molecule has 3 rings (SSSR count). The van der Waals surface area contributed by atoms with Gasteiger partial charge in [0, 0.05) is 16.9 Å². The number of para-hydroxylation sites is 1. The number of benzene rings is 3. The molecule has 0 spiro atoms. The van der Waals surface area contributed by atoms with Gasteiger partial charge in [0.1, 0.15) is 0 Å². The average Bonchev–Trinajstić information content (AvgIpc) is 2.72. The summed E-state index contributed by atoms with van der Waals surface area (Å²) in [5, 5.41) is 3.13. The predicted octanol–water partition coefficient (Wildman–Crippen LogP) is 4.53. The van der Waals surface area contributed by atoms with Crippen LogP contribution >= 0.6 is 0 Å². The summed E-state index contributed by atoms with van der Waals surface area (Å²) in [6, 6.07) is 26.7. The van der Waals surface area contributed by atoms with Crippen LogP contribution in [-0.4, -0.2) is 18.2 Å². The number of carbonyl (C=O) groups excluding carboxylic acids is 2. The molecule has 4 nitrogen and oxygen atoms in total. The monoisotopic (exact) mass is 358 g/mol. The summed E-state index contributed by atoms with van der Waals surface area (Å²) in [5.74, 6) is -0.0433. The molecule has 3 aromatic rings. The molecule has 0 saturated heterocycles. The predicted molar refractivity (Wildman–Crippen MR) is 109 cm³/mol. The van der Waals surface area contributed by atoms with Crippen molar-refractivity contribution >= 4 is 23.1 Å². The Balaban J connectivity index is 1.75. The van der Waals surface area contributed by atoms with E-state index >= 15 is 0 Å². The molecule has 0 radical (unpaired) electrons. The van der Waals surface area contributed by atoms with E-state index in [9.17, 15) is 9.59 Å². The highest BCUT2D eigenvalue weighted by Gasteiger charge is 2.16. The van der Waals surface area contributed by atoms with Gasteiger partial charge in [0.2, 0.25) is 5.91 Å². The van der Waals surface area contributed by atoms with Gasteiger partial charge in [-0.3, -0.25) is 9.59 Å². The van der Waals surface area contributed by atoms with E-state index in [1.54, 1.807) is 17.0 Å². The summed E-state index contributed by atoms with van der Waals surface area (Å²) in [6.07, 6.45) is 0. The van der Waals surface area contributed by atoms with Gasteiger partial charge in [0.25, 0.3) is 0 Å². The Morgan fingerprint density at radius 1 is 0.852 bits per heavy atom. The molecule has 0 bridgehead atoms. The Kier molecular flexibility index (Phi) is 6.00. The summed E-state index contributed by atoms with van der Waals surface area (Å²) >= 11 is 0. The fourth-order valence-corrected chi connectivity index (χ4v) is 2.82. The lowest BCUT2D eigenvalue weighted by Crippen LogP contribution is -2.35. The molecule has 0 atom stereocenters. The highest BCUT2D eigenvalue weighted by molar-refractivity contribution is 5.97. The summed E-state index contributed by atoms with van der Waals surface area (Å²) in [7, 11) is 0. The maximum absolute atomic E-state index is 12.9. The van der Waals surface area contributed by atoms with Crippen molar-refractivity contribution < 1.29 is 9.59 Å². The van der Waals surface area contributed by atoms with Gasteiger partial charge in [-0.25, -0.2) is 0 Å². The first kappa shape index (κ1) is 18.4. The standard InChI is InChI=1S/C23H22N2O2/c1-18(26)20-11-8-12-21(15-20)24-16-23(27)25(22-13-6-3-7-14-22)17-19-9-4-2-5-10-19/h2-15,24H,16-17H2,1H3. The maximum atomic E-state index is 12.9. The van der Waals surface area contributed by atoms with Crippen LogP contribution in [0.2, 0.25) is 0 Å². The Morgan fingerprint density at radius 2 is 1.52 bits per heavy atom. The molecular weight excluding hydrogens is 336 g/mol. The second-order valence-corrected chi connectivity index (χ2v) is 6.29. The molecular formula is C23H22N2O2. The van der Waals surface area contributed by atoms with Crippen molar-refractivity contribution in [3.63, 3.8) is 0 Å². The zero-order chi connectivity index (χ0) is 19.1. The van der Waals surface area contributed by atoms with Gasteiger partial charge in [0.15, 0.2) is 5.78 Å². The summed E-state index contributed by atoms with van der Waals surface area (Å²) < 4.78 is 0. The van der Waals surface area contributed by atoms with Crippen molar-refractivity contribution in [1.82, 2.24) is 0 Å². The molecule has 0 aliphatic rings. The number of hydrogen-bond donors (Lipinski definition) is 1.